The Morgan fingerprint density at radius 2 is 1.69 bits per heavy atom. The first-order valence-corrected chi connectivity index (χ1v) is 12.1. The largest absolute Gasteiger partial charge is 0.495 e. The Morgan fingerprint density at radius 3 is 2.44 bits per heavy atom. The molecule has 3 aliphatic rings. The molecule has 3 atom stereocenters. The first kappa shape index (κ1) is 23.8. The SMILES string of the molecule is COc1ccccc1N1C[C@H](C(=O)Oc2ccc(N3C(=O)[C@H]4CC=C(C)C[C@@H]4C3=O)c(C)c2)CC1=O. The minimum atomic E-state index is -0.622. The van der Waals surface area contributed by atoms with Crippen LogP contribution in [0.3, 0.4) is 0 Å². The lowest BCUT2D eigenvalue weighted by Crippen LogP contribution is -2.31. The van der Waals surface area contributed by atoms with Crippen molar-refractivity contribution < 1.29 is 28.7 Å². The van der Waals surface area contributed by atoms with E-state index in [1.54, 1.807) is 42.2 Å². The molecule has 0 unspecified atom stereocenters. The number of anilines is 2. The van der Waals surface area contributed by atoms with E-state index in [1.807, 2.05) is 25.1 Å². The Labute approximate surface area is 209 Å². The summed E-state index contributed by atoms with van der Waals surface area (Å²) in [5.74, 6) is -1.42. The molecular formula is C28H28N2O6. The molecule has 1 aliphatic carbocycles. The number of esters is 1. The van der Waals surface area contributed by atoms with Crippen LogP contribution < -0.4 is 19.3 Å². The molecule has 0 N–H and O–H groups in total. The standard InChI is InChI=1S/C28H28N2O6/c1-16-8-10-20-21(12-16)27(33)30(26(20)32)22-11-9-19(13-17(22)2)36-28(34)18-14-25(31)29(15-18)23-6-4-5-7-24(23)35-3/h4-9,11,13,18,20-21H,10,12,14-15H2,1-3H3/t18-,20+,21+/m1/s1. The van der Waals surface area contributed by atoms with Gasteiger partial charge in [0.2, 0.25) is 17.7 Å². The van der Waals surface area contributed by atoms with Crippen molar-refractivity contribution in [3.63, 3.8) is 0 Å². The van der Waals surface area contributed by atoms with Crippen molar-refractivity contribution in [2.75, 3.05) is 23.5 Å². The van der Waals surface area contributed by atoms with Crippen molar-refractivity contribution in [3.8, 4) is 11.5 Å². The van der Waals surface area contributed by atoms with Gasteiger partial charge in [-0.3, -0.25) is 19.2 Å². The molecule has 2 aromatic rings. The van der Waals surface area contributed by atoms with Gasteiger partial charge >= 0.3 is 5.97 Å². The molecule has 2 saturated heterocycles. The Bertz CT molecular complexity index is 1300. The van der Waals surface area contributed by atoms with E-state index in [4.69, 9.17) is 9.47 Å². The van der Waals surface area contributed by atoms with Crippen molar-refractivity contribution in [2.24, 2.45) is 17.8 Å². The fourth-order valence-corrected chi connectivity index (χ4v) is 5.37. The van der Waals surface area contributed by atoms with E-state index < -0.39 is 11.9 Å². The molecule has 0 spiro atoms. The highest BCUT2D eigenvalue weighted by Crippen LogP contribution is 2.41. The summed E-state index contributed by atoms with van der Waals surface area (Å²) in [4.78, 5) is 54.4. The van der Waals surface area contributed by atoms with Gasteiger partial charge in [-0.1, -0.05) is 23.8 Å². The van der Waals surface area contributed by atoms with Gasteiger partial charge in [-0.05, 0) is 62.6 Å². The summed E-state index contributed by atoms with van der Waals surface area (Å²) in [6.07, 6.45) is 3.26. The number of hydrogen-bond donors (Lipinski definition) is 0. The normalized spacial score (nSPS) is 23.6. The van der Waals surface area contributed by atoms with E-state index in [1.165, 1.54) is 12.0 Å². The van der Waals surface area contributed by atoms with Crippen LogP contribution in [0, 0.1) is 24.7 Å². The van der Waals surface area contributed by atoms with E-state index in [2.05, 4.69) is 0 Å². The molecule has 8 heteroatoms. The van der Waals surface area contributed by atoms with Gasteiger partial charge < -0.3 is 14.4 Å². The number of nitrogens with zero attached hydrogens (tertiary/aromatic N) is 2. The number of carbonyl (C=O) groups excluding carboxylic acids is 4. The lowest BCUT2D eigenvalue weighted by Gasteiger charge is -2.19. The zero-order chi connectivity index (χ0) is 25.6. The van der Waals surface area contributed by atoms with Crippen molar-refractivity contribution in [1.29, 1.82) is 0 Å². The third-order valence-corrected chi connectivity index (χ3v) is 7.28. The van der Waals surface area contributed by atoms with Crippen LogP contribution >= 0.6 is 0 Å². The van der Waals surface area contributed by atoms with E-state index in [0.29, 0.717) is 41.3 Å². The summed E-state index contributed by atoms with van der Waals surface area (Å²) < 4.78 is 11.0. The second-order valence-electron chi connectivity index (χ2n) is 9.66. The number of carbonyl (C=O) groups is 4. The second kappa shape index (κ2) is 9.26. The first-order valence-electron chi connectivity index (χ1n) is 12.1. The van der Waals surface area contributed by atoms with Crippen LogP contribution in [-0.2, 0) is 19.2 Å². The Balaban J connectivity index is 1.29. The molecule has 186 valence electrons. The number of hydrogen-bond acceptors (Lipinski definition) is 6. The van der Waals surface area contributed by atoms with Crippen LogP contribution in [0.25, 0.3) is 0 Å². The highest BCUT2D eigenvalue weighted by Gasteiger charge is 2.49. The van der Waals surface area contributed by atoms with Crippen molar-refractivity contribution >= 4 is 35.1 Å². The Morgan fingerprint density at radius 1 is 0.944 bits per heavy atom. The van der Waals surface area contributed by atoms with Gasteiger partial charge in [-0.25, -0.2) is 4.90 Å². The molecule has 0 radical (unpaired) electrons. The second-order valence-corrected chi connectivity index (χ2v) is 9.66. The van der Waals surface area contributed by atoms with Crippen molar-refractivity contribution in [2.45, 2.75) is 33.1 Å². The van der Waals surface area contributed by atoms with E-state index in [-0.39, 0.29) is 42.5 Å². The van der Waals surface area contributed by atoms with Crippen LogP contribution in [0.4, 0.5) is 11.4 Å². The molecule has 0 saturated carbocycles. The molecule has 8 nitrogen and oxygen atoms in total. The van der Waals surface area contributed by atoms with Gasteiger partial charge in [0.05, 0.1) is 36.2 Å². The monoisotopic (exact) mass is 488 g/mol. The summed E-state index contributed by atoms with van der Waals surface area (Å²) >= 11 is 0. The van der Waals surface area contributed by atoms with Gasteiger partial charge in [0.1, 0.15) is 11.5 Å². The molecule has 2 fully saturated rings. The van der Waals surface area contributed by atoms with Crippen LogP contribution in [0.2, 0.25) is 0 Å². The third kappa shape index (κ3) is 4.06. The quantitative estimate of drug-likeness (QED) is 0.275. The van der Waals surface area contributed by atoms with Gasteiger partial charge in [-0.15, -0.1) is 0 Å². The maximum atomic E-state index is 13.1. The van der Waals surface area contributed by atoms with Crippen molar-refractivity contribution in [3.05, 3.63) is 59.7 Å². The van der Waals surface area contributed by atoms with Crippen LogP contribution in [0.5, 0.6) is 11.5 Å². The van der Waals surface area contributed by atoms with Crippen molar-refractivity contribution in [1.82, 2.24) is 0 Å². The molecule has 5 rings (SSSR count). The number of allylic oxidation sites excluding steroid dienone is 2. The van der Waals surface area contributed by atoms with Gasteiger partial charge in [-0.2, -0.15) is 0 Å². The van der Waals surface area contributed by atoms with Crippen LogP contribution in [0.1, 0.15) is 31.7 Å². The molecule has 3 amide bonds. The van der Waals surface area contributed by atoms with Gasteiger partial charge in [0.25, 0.3) is 0 Å². The number of fused-ring (bicyclic) bond motifs is 1. The molecule has 2 aromatic carbocycles. The number of para-hydroxylation sites is 2. The number of aryl methyl sites for hydroxylation is 1. The van der Waals surface area contributed by atoms with E-state index in [0.717, 1.165) is 5.57 Å². The molecule has 36 heavy (non-hydrogen) atoms. The van der Waals surface area contributed by atoms with E-state index >= 15 is 0 Å². The lowest BCUT2D eigenvalue weighted by atomic mass is 9.82. The summed E-state index contributed by atoms with van der Waals surface area (Å²) in [5, 5.41) is 0. The van der Waals surface area contributed by atoms with Crippen LogP contribution in [0.15, 0.2) is 54.1 Å². The number of benzene rings is 2. The average Bonchev–Trinajstić information content (AvgIpc) is 3.36. The molecule has 2 aliphatic heterocycles. The fourth-order valence-electron chi connectivity index (χ4n) is 5.37. The molecular weight excluding hydrogens is 460 g/mol. The number of ether oxygens (including phenoxy) is 2. The predicted octanol–water partition coefficient (Wildman–Crippen LogP) is 3.81. The zero-order valence-electron chi connectivity index (χ0n) is 20.5. The molecule has 0 aromatic heterocycles. The maximum absolute atomic E-state index is 13.1. The number of imide groups is 1. The summed E-state index contributed by atoms with van der Waals surface area (Å²) in [5.41, 5.74) is 2.91. The Hall–Kier alpha value is -3.94. The number of amides is 3. The summed E-state index contributed by atoms with van der Waals surface area (Å²) in [6, 6.07) is 12.0. The third-order valence-electron chi connectivity index (χ3n) is 7.28. The number of rotatable bonds is 5. The summed E-state index contributed by atoms with van der Waals surface area (Å²) in [6.45, 7) is 3.96. The average molecular weight is 489 g/mol. The highest BCUT2D eigenvalue weighted by atomic mass is 16.5. The predicted molar refractivity (Wildman–Crippen MR) is 133 cm³/mol. The highest BCUT2D eigenvalue weighted by molar-refractivity contribution is 6.22. The van der Waals surface area contributed by atoms with Gasteiger partial charge in [0.15, 0.2) is 0 Å². The Kier molecular flexibility index (Phi) is 6.12. The maximum Gasteiger partial charge on any atom is 0.316 e. The lowest BCUT2D eigenvalue weighted by molar-refractivity contribution is -0.139. The summed E-state index contributed by atoms with van der Waals surface area (Å²) in [7, 11) is 1.53. The fraction of sp³-hybridized carbons (Fsp3) is 0.357. The molecule has 2 heterocycles. The number of methoxy groups -OCH3 is 1. The van der Waals surface area contributed by atoms with E-state index in [9.17, 15) is 19.2 Å². The molecule has 0 bridgehead atoms. The topological polar surface area (TPSA) is 93.2 Å². The smallest absolute Gasteiger partial charge is 0.316 e. The zero-order valence-corrected chi connectivity index (χ0v) is 20.5. The van der Waals surface area contributed by atoms with Gasteiger partial charge in [0, 0.05) is 13.0 Å². The minimum Gasteiger partial charge on any atom is -0.495 e. The minimum absolute atomic E-state index is 0.0426. The first-order chi connectivity index (χ1) is 17.3. The van der Waals surface area contributed by atoms with Crippen LogP contribution in [-0.4, -0.2) is 37.3 Å².